The second-order valence-electron chi connectivity index (χ2n) is 5.46. The maximum Gasteiger partial charge on any atom is 0.333 e. The maximum absolute atomic E-state index is 13.2. The summed E-state index contributed by atoms with van der Waals surface area (Å²) < 4.78 is 18.1. The zero-order valence-electron chi connectivity index (χ0n) is 10.7. The van der Waals surface area contributed by atoms with Gasteiger partial charge in [0.2, 0.25) is 5.91 Å². The summed E-state index contributed by atoms with van der Waals surface area (Å²) >= 11 is 0. The van der Waals surface area contributed by atoms with Crippen LogP contribution >= 0.6 is 0 Å². The van der Waals surface area contributed by atoms with Gasteiger partial charge < -0.3 is 15.0 Å². The Balaban J connectivity index is 1.89. The first-order valence-electron chi connectivity index (χ1n) is 6.64. The molecule has 1 amide bonds. The molecule has 104 valence electrons. The molecule has 5 nitrogen and oxygen atoms in total. The first-order valence-corrected chi connectivity index (χ1v) is 6.64. The Bertz CT molecular complexity index is 443. The summed E-state index contributed by atoms with van der Waals surface area (Å²) in [6.07, 6.45) is 3.32. The molecule has 3 heterocycles. The summed E-state index contributed by atoms with van der Waals surface area (Å²) in [6.45, 7) is 1.07. The lowest BCUT2D eigenvalue weighted by Crippen LogP contribution is -2.43. The monoisotopic (exact) mass is 268 g/mol. The fourth-order valence-electron chi connectivity index (χ4n) is 3.37. The molecule has 3 aliphatic rings. The van der Waals surface area contributed by atoms with Crippen molar-refractivity contribution in [3.05, 3.63) is 11.8 Å². The number of carbonyl (C=O) groups is 2. The third-order valence-electron chi connectivity index (χ3n) is 4.36. The van der Waals surface area contributed by atoms with Crippen molar-refractivity contribution in [3.63, 3.8) is 0 Å². The molecule has 1 spiro atoms. The molecule has 3 rings (SSSR count). The predicted octanol–water partition coefficient (Wildman–Crippen LogP) is 0.367. The molecule has 0 radical (unpaired) electrons. The molecular weight excluding hydrogens is 251 g/mol. The number of carbonyl (C=O) groups excluding carboxylic acids is 2. The number of rotatable bonds is 2. The van der Waals surface area contributed by atoms with E-state index < -0.39 is 24.1 Å². The van der Waals surface area contributed by atoms with Crippen LogP contribution in [0.25, 0.3) is 0 Å². The minimum Gasteiger partial charge on any atom is -0.456 e. The van der Waals surface area contributed by atoms with Crippen LogP contribution in [0, 0.1) is 5.41 Å². The van der Waals surface area contributed by atoms with Gasteiger partial charge in [-0.05, 0) is 32.4 Å². The van der Waals surface area contributed by atoms with Crippen molar-refractivity contribution in [3.8, 4) is 0 Å². The second kappa shape index (κ2) is 4.59. The summed E-state index contributed by atoms with van der Waals surface area (Å²) in [6, 6.07) is -0.452. The lowest BCUT2D eigenvalue weighted by atomic mass is 9.76. The average Bonchev–Trinajstić information content (AvgIpc) is 2.94. The van der Waals surface area contributed by atoms with Crippen LogP contribution < -0.4 is 5.32 Å². The normalized spacial score (nSPS) is 29.8. The number of esters is 1. The summed E-state index contributed by atoms with van der Waals surface area (Å²) in [5.41, 5.74) is 0.0575. The van der Waals surface area contributed by atoms with E-state index in [1.54, 1.807) is 0 Å². The van der Waals surface area contributed by atoms with Crippen molar-refractivity contribution in [2.45, 2.75) is 25.3 Å². The molecule has 0 aromatic rings. The smallest absolute Gasteiger partial charge is 0.333 e. The molecule has 6 heteroatoms. The Morgan fingerprint density at radius 2 is 2.16 bits per heavy atom. The van der Waals surface area contributed by atoms with Crippen LogP contribution in [-0.4, -0.2) is 49.2 Å². The van der Waals surface area contributed by atoms with Gasteiger partial charge >= 0.3 is 5.97 Å². The molecule has 1 N–H and O–H groups in total. The van der Waals surface area contributed by atoms with Crippen LogP contribution in [0.2, 0.25) is 0 Å². The van der Waals surface area contributed by atoms with E-state index in [0.717, 1.165) is 25.9 Å². The molecule has 1 atom stereocenters. The van der Waals surface area contributed by atoms with E-state index in [1.165, 1.54) is 11.0 Å². The maximum atomic E-state index is 13.2. The Labute approximate surface area is 110 Å². The molecule has 0 saturated carbocycles. The third-order valence-corrected chi connectivity index (χ3v) is 4.36. The number of hydrogen-bond acceptors (Lipinski definition) is 4. The SMILES string of the molecule is O=C1C=C(N2C(=O)C3(CCNCC3)CC2CF)CO1. The molecule has 0 bridgehead atoms. The number of alkyl halides is 1. The van der Waals surface area contributed by atoms with Crippen molar-refractivity contribution in [1.82, 2.24) is 10.2 Å². The van der Waals surface area contributed by atoms with Crippen LogP contribution in [0.15, 0.2) is 11.8 Å². The van der Waals surface area contributed by atoms with Gasteiger partial charge in [0, 0.05) is 6.08 Å². The summed E-state index contributed by atoms with van der Waals surface area (Å²) in [5.74, 6) is -0.493. The standard InChI is InChI=1S/C13H17FN2O3/c14-7-10-6-13(1-3-15-4-2-13)12(18)16(10)9-5-11(17)19-8-9/h5,10,15H,1-4,6-8H2. The molecule has 2 fully saturated rings. The molecule has 3 aliphatic heterocycles. The van der Waals surface area contributed by atoms with Crippen LogP contribution in [0.3, 0.4) is 0 Å². The predicted molar refractivity (Wildman–Crippen MR) is 64.8 cm³/mol. The number of halogens is 1. The van der Waals surface area contributed by atoms with Gasteiger partial charge in [-0.3, -0.25) is 4.79 Å². The Morgan fingerprint density at radius 1 is 1.42 bits per heavy atom. The van der Waals surface area contributed by atoms with Crippen LogP contribution in [0.4, 0.5) is 4.39 Å². The molecule has 1 unspecified atom stereocenters. The first kappa shape index (κ1) is 12.6. The van der Waals surface area contributed by atoms with E-state index in [-0.39, 0.29) is 12.5 Å². The largest absolute Gasteiger partial charge is 0.456 e. The summed E-state index contributed by atoms with van der Waals surface area (Å²) in [7, 11) is 0. The van der Waals surface area contributed by atoms with Gasteiger partial charge in [-0.15, -0.1) is 0 Å². The highest BCUT2D eigenvalue weighted by molar-refractivity contribution is 5.91. The molecule has 2 saturated heterocycles. The number of cyclic esters (lactones) is 1. The van der Waals surface area contributed by atoms with Crippen molar-refractivity contribution in [2.24, 2.45) is 5.41 Å². The van der Waals surface area contributed by atoms with Gasteiger partial charge in [-0.25, -0.2) is 9.18 Å². The van der Waals surface area contributed by atoms with E-state index in [0.29, 0.717) is 12.1 Å². The van der Waals surface area contributed by atoms with E-state index in [9.17, 15) is 14.0 Å². The average molecular weight is 268 g/mol. The minimum atomic E-state index is -0.577. The number of hydrogen-bond donors (Lipinski definition) is 1. The van der Waals surface area contributed by atoms with E-state index >= 15 is 0 Å². The fraction of sp³-hybridized carbons (Fsp3) is 0.692. The van der Waals surface area contributed by atoms with E-state index in [2.05, 4.69) is 5.32 Å². The van der Waals surface area contributed by atoms with E-state index in [1.807, 2.05) is 0 Å². The first-order chi connectivity index (χ1) is 9.16. The lowest BCUT2D eigenvalue weighted by Gasteiger charge is -2.32. The molecule has 0 aromatic heterocycles. The highest BCUT2D eigenvalue weighted by Gasteiger charge is 2.53. The van der Waals surface area contributed by atoms with Crippen LogP contribution in [-0.2, 0) is 14.3 Å². The summed E-state index contributed by atoms with van der Waals surface area (Å²) in [4.78, 5) is 25.3. The van der Waals surface area contributed by atoms with E-state index in [4.69, 9.17) is 4.74 Å². The number of nitrogens with one attached hydrogen (secondary N) is 1. The van der Waals surface area contributed by atoms with Crippen LogP contribution in [0.1, 0.15) is 19.3 Å². The highest BCUT2D eigenvalue weighted by Crippen LogP contribution is 2.45. The highest BCUT2D eigenvalue weighted by atomic mass is 19.1. The molecule has 0 aliphatic carbocycles. The zero-order chi connectivity index (χ0) is 13.5. The number of ether oxygens (including phenoxy) is 1. The number of amides is 1. The lowest BCUT2D eigenvalue weighted by molar-refractivity contribution is -0.138. The van der Waals surface area contributed by atoms with Gasteiger partial charge in [0.15, 0.2) is 0 Å². The van der Waals surface area contributed by atoms with Gasteiger partial charge in [0.1, 0.15) is 13.3 Å². The van der Waals surface area contributed by atoms with Crippen molar-refractivity contribution in [1.29, 1.82) is 0 Å². The molecule has 0 aromatic carbocycles. The second-order valence-corrected chi connectivity index (χ2v) is 5.46. The van der Waals surface area contributed by atoms with Gasteiger partial charge in [-0.2, -0.15) is 0 Å². The van der Waals surface area contributed by atoms with Crippen molar-refractivity contribution < 1.29 is 18.7 Å². The Kier molecular flexibility index (Phi) is 3.05. The van der Waals surface area contributed by atoms with Crippen molar-refractivity contribution >= 4 is 11.9 Å². The Morgan fingerprint density at radius 3 is 2.74 bits per heavy atom. The topological polar surface area (TPSA) is 58.6 Å². The van der Waals surface area contributed by atoms with Gasteiger partial charge in [-0.1, -0.05) is 0 Å². The minimum absolute atomic E-state index is 0.0406. The summed E-state index contributed by atoms with van der Waals surface area (Å²) in [5, 5.41) is 3.22. The van der Waals surface area contributed by atoms with Crippen LogP contribution in [0.5, 0.6) is 0 Å². The van der Waals surface area contributed by atoms with Gasteiger partial charge in [0.05, 0.1) is 17.2 Å². The zero-order valence-corrected chi connectivity index (χ0v) is 10.7. The van der Waals surface area contributed by atoms with Crippen molar-refractivity contribution in [2.75, 3.05) is 26.4 Å². The van der Waals surface area contributed by atoms with Gasteiger partial charge in [0.25, 0.3) is 0 Å². The molecule has 19 heavy (non-hydrogen) atoms. The Hall–Kier alpha value is -1.43. The number of piperidine rings is 1. The molecular formula is C13H17FN2O3. The number of nitrogens with zero attached hydrogens (tertiary/aromatic N) is 1. The third kappa shape index (κ3) is 1.94. The number of likely N-dealkylation sites (tertiary alicyclic amines) is 1. The fourth-order valence-corrected chi connectivity index (χ4v) is 3.37. The quantitative estimate of drug-likeness (QED) is 0.735.